The van der Waals surface area contributed by atoms with Gasteiger partial charge in [-0.1, -0.05) is 5.16 Å². The fourth-order valence-electron chi connectivity index (χ4n) is 1.35. The second-order valence-corrected chi connectivity index (χ2v) is 5.55. The van der Waals surface area contributed by atoms with Crippen molar-refractivity contribution in [1.29, 1.82) is 0 Å². The lowest BCUT2D eigenvalue weighted by molar-refractivity contribution is 0.372. The monoisotopic (exact) mass is 284 g/mol. The van der Waals surface area contributed by atoms with Crippen LogP contribution < -0.4 is 10.5 Å². The Morgan fingerprint density at radius 3 is 2.79 bits per heavy atom. The molecule has 1 aromatic heterocycles. The SMILES string of the molecule is Cc1noc(CNS(=O)(=O)c2ccc(O)c(N)c2)n1. The van der Waals surface area contributed by atoms with Crippen LogP contribution in [-0.4, -0.2) is 23.7 Å². The molecule has 0 unspecified atom stereocenters. The van der Waals surface area contributed by atoms with E-state index in [4.69, 9.17) is 10.3 Å². The Morgan fingerprint density at radius 2 is 2.21 bits per heavy atom. The molecule has 0 fully saturated rings. The van der Waals surface area contributed by atoms with Crippen molar-refractivity contribution >= 4 is 15.7 Å². The molecule has 0 atom stereocenters. The molecule has 2 rings (SSSR count). The van der Waals surface area contributed by atoms with Crippen LogP contribution in [0.15, 0.2) is 27.6 Å². The lowest BCUT2D eigenvalue weighted by Gasteiger charge is -2.06. The molecule has 0 radical (unpaired) electrons. The first-order valence-corrected chi connectivity index (χ1v) is 6.74. The van der Waals surface area contributed by atoms with Crippen LogP contribution in [0.5, 0.6) is 5.75 Å². The number of sulfonamides is 1. The summed E-state index contributed by atoms with van der Waals surface area (Å²) in [5.74, 6) is 0.405. The molecule has 0 aliphatic heterocycles. The van der Waals surface area contributed by atoms with E-state index in [1.54, 1.807) is 6.92 Å². The number of phenols is 1. The van der Waals surface area contributed by atoms with Crippen molar-refractivity contribution in [2.24, 2.45) is 0 Å². The van der Waals surface area contributed by atoms with E-state index in [-0.39, 0.29) is 28.8 Å². The summed E-state index contributed by atoms with van der Waals surface area (Å²) in [6.45, 7) is 1.51. The number of anilines is 1. The molecule has 0 bridgehead atoms. The van der Waals surface area contributed by atoms with E-state index in [9.17, 15) is 13.5 Å². The number of nitrogen functional groups attached to an aromatic ring is 1. The summed E-state index contributed by atoms with van der Waals surface area (Å²) in [4.78, 5) is 3.81. The standard InChI is InChI=1S/C10H12N4O4S/c1-6-13-10(18-14-6)5-12-19(16,17)7-2-3-9(15)8(11)4-7/h2-4,12,15H,5,11H2,1H3. The third-order valence-electron chi connectivity index (χ3n) is 2.29. The van der Waals surface area contributed by atoms with Gasteiger partial charge in [0.05, 0.1) is 17.1 Å². The van der Waals surface area contributed by atoms with Gasteiger partial charge in [-0.25, -0.2) is 13.1 Å². The van der Waals surface area contributed by atoms with Crippen LogP contribution in [0.4, 0.5) is 5.69 Å². The van der Waals surface area contributed by atoms with Crippen LogP contribution in [0.25, 0.3) is 0 Å². The number of phenolic OH excluding ortho intramolecular Hbond substituents is 1. The highest BCUT2D eigenvalue weighted by Gasteiger charge is 2.16. The molecule has 1 aromatic carbocycles. The number of benzene rings is 1. The predicted molar refractivity (Wildman–Crippen MR) is 65.6 cm³/mol. The summed E-state index contributed by atoms with van der Waals surface area (Å²) in [5.41, 5.74) is 5.43. The van der Waals surface area contributed by atoms with Gasteiger partial charge in [-0.15, -0.1) is 0 Å². The maximum Gasteiger partial charge on any atom is 0.241 e. The van der Waals surface area contributed by atoms with Gasteiger partial charge in [0.2, 0.25) is 15.9 Å². The van der Waals surface area contributed by atoms with E-state index in [1.165, 1.54) is 12.1 Å². The number of aryl methyl sites for hydroxylation is 1. The second kappa shape index (κ2) is 4.86. The number of nitrogens with zero attached hydrogens (tertiary/aromatic N) is 2. The molecule has 0 spiro atoms. The summed E-state index contributed by atoms with van der Waals surface area (Å²) < 4.78 is 31.0. The van der Waals surface area contributed by atoms with Gasteiger partial charge in [0, 0.05) is 0 Å². The molecule has 0 saturated carbocycles. The van der Waals surface area contributed by atoms with Crippen LogP contribution in [0.3, 0.4) is 0 Å². The van der Waals surface area contributed by atoms with Gasteiger partial charge in [-0.3, -0.25) is 0 Å². The highest BCUT2D eigenvalue weighted by Crippen LogP contribution is 2.23. The fraction of sp³-hybridized carbons (Fsp3) is 0.200. The number of nitrogens with two attached hydrogens (primary N) is 1. The maximum atomic E-state index is 11.9. The third kappa shape index (κ3) is 3.01. The van der Waals surface area contributed by atoms with Crippen molar-refractivity contribution in [2.75, 3.05) is 5.73 Å². The minimum Gasteiger partial charge on any atom is -0.506 e. The van der Waals surface area contributed by atoms with Crippen LogP contribution in [-0.2, 0) is 16.6 Å². The molecule has 8 nitrogen and oxygen atoms in total. The molecule has 4 N–H and O–H groups in total. The van der Waals surface area contributed by atoms with Crippen LogP contribution in [0.1, 0.15) is 11.7 Å². The smallest absolute Gasteiger partial charge is 0.241 e. The van der Waals surface area contributed by atoms with Crippen molar-refractivity contribution in [2.45, 2.75) is 18.4 Å². The first-order chi connectivity index (χ1) is 8.88. The number of nitrogens with one attached hydrogen (secondary N) is 1. The Morgan fingerprint density at radius 1 is 1.47 bits per heavy atom. The van der Waals surface area contributed by atoms with Crippen LogP contribution in [0, 0.1) is 6.92 Å². The van der Waals surface area contributed by atoms with Gasteiger partial charge in [-0.05, 0) is 25.1 Å². The fourth-order valence-corrected chi connectivity index (χ4v) is 2.36. The molecule has 9 heteroatoms. The molecule has 0 saturated heterocycles. The Labute approximate surface area is 109 Å². The van der Waals surface area contributed by atoms with Crippen molar-refractivity contribution < 1.29 is 18.0 Å². The molecular formula is C10H12N4O4S. The van der Waals surface area contributed by atoms with Crippen LogP contribution in [0.2, 0.25) is 0 Å². The Kier molecular flexibility index (Phi) is 3.40. The number of hydrogen-bond acceptors (Lipinski definition) is 7. The summed E-state index contributed by atoms with van der Waals surface area (Å²) in [7, 11) is -3.76. The number of aromatic hydroxyl groups is 1. The Balaban J connectivity index is 2.16. The molecule has 0 aliphatic carbocycles. The average Bonchev–Trinajstić information content (AvgIpc) is 2.76. The lowest BCUT2D eigenvalue weighted by Crippen LogP contribution is -2.23. The van der Waals surface area contributed by atoms with Crippen molar-refractivity contribution in [3.05, 3.63) is 29.9 Å². The molecule has 0 aliphatic rings. The Hall–Kier alpha value is -2.13. The number of aromatic nitrogens is 2. The normalized spacial score (nSPS) is 11.6. The summed E-state index contributed by atoms with van der Waals surface area (Å²) >= 11 is 0. The van der Waals surface area contributed by atoms with E-state index in [0.717, 1.165) is 6.07 Å². The highest BCUT2D eigenvalue weighted by molar-refractivity contribution is 7.89. The molecule has 2 aromatic rings. The summed E-state index contributed by atoms with van der Waals surface area (Å²) in [5, 5.41) is 12.8. The van der Waals surface area contributed by atoms with Crippen molar-refractivity contribution in [1.82, 2.24) is 14.9 Å². The van der Waals surface area contributed by atoms with Gasteiger partial charge < -0.3 is 15.4 Å². The Bertz CT molecular complexity index is 695. The number of rotatable bonds is 4. The molecule has 102 valence electrons. The minimum absolute atomic E-state index is 0.0171. The first kappa shape index (κ1) is 13.3. The van der Waals surface area contributed by atoms with Gasteiger partial charge in [0.15, 0.2) is 5.82 Å². The van der Waals surface area contributed by atoms with Gasteiger partial charge in [0.25, 0.3) is 0 Å². The molecule has 1 heterocycles. The predicted octanol–water partition coefficient (Wildman–Crippen LogP) is 0.144. The third-order valence-corrected chi connectivity index (χ3v) is 3.69. The zero-order chi connectivity index (χ0) is 14.0. The quantitative estimate of drug-likeness (QED) is 0.537. The molecular weight excluding hydrogens is 272 g/mol. The van der Waals surface area contributed by atoms with Gasteiger partial charge >= 0.3 is 0 Å². The van der Waals surface area contributed by atoms with Crippen molar-refractivity contribution in [3.8, 4) is 5.75 Å². The highest BCUT2D eigenvalue weighted by atomic mass is 32.2. The van der Waals surface area contributed by atoms with Crippen molar-refractivity contribution in [3.63, 3.8) is 0 Å². The van der Waals surface area contributed by atoms with E-state index < -0.39 is 10.0 Å². The minimum atomic E-state index is -3.76. The largest absolute Gasteiger partial charge is 0.506 e. The average molecular weight is 284 g/mol. The molecule has 19 heavy (non-hydrogen) atoms. The number of hydrogen-bond donors (Lipinski definition) is 3. The lowest BCUT2D eigenvalue weighted by atomic mass is 10.3. The zero-order valence-corrected chi connectivity index (χ0v) is 10.8. The maximum absolute atomic E-state index is 11.9. The van der Waals surface area contributed by atoms with E-state index >= 15 is 0 Å². The summed E-state index contributed by atoms with van der Waals surface area (Å²) in [6, 6.07) is 3.62. The van der Waals surface area contributed by atoms with E-state index in [1.807, 2.05) is 0 Å². The first-order valence-electron chi connectivity index (χ1n) is 5.26. The summed E-state index contributed by atoms with van der Waals surface area (Å²) in [6.07, 6.45) is 0. The van der Waals surface area contributed by atoms with E-state index in [2.05, 4.69) is 14.9 Å². The van der Waals surface area contributed by atoms with Gasteiger partial charge in [0.1, 0.15) is 5.75 Å². The topological polar surface area (TPSA) is 131 Å². The zero-order valence-electron chi connectivity index (χ0n) is 9.99. The van der Waals surface area contributed by atoms with Crippen LogP contribution >= 0.6 is 0 Å². The molecule has 0 amide bonds. The van der Waals surface area contributed by atoms with E-state index in [0.29, 0.717) is 5.82 Å². The van der Waals surface area contributed by atoms with Gasteiger partial charge in [-0.2, -0.15) is 4.98 Å². The second-order valence-electron chi connectivity index (χ2n) is 3.78.